The van der Waals surface area contributed by atoms with Crippen LogP contribution >= 0.6 is 18.6 Å². The van der Waals surface area contributed by atoms with Gasteiger partial charge in [0.05, 0.1) is 0 Å². The van der Waals surface area contributed by atoms with Crippen LogP contribution in [0.25, 0.3) is 0 Å². The first-order chi connectivity index (χ1) is 10.5. The first-order valence-electron chi connectivity index (χ1n) is 7.88. The Labute approximate surface area is 160 Å². The molecule has 0 fully saturated rings. The van der Waals surface area contributed by atoms with Gasteiger partial charge in [0, 0.05) is 0 Å². The average Bonchev–Trinajstić information content (AvgIpc) is 2.80. The van der Waals surface area contributed by atoms with E-state index in [0.717, 1.165) is 0 Å². The minimum absolute atomic E-state index is 0.556. The van der Waals surface area contributed by atoms with Gasteiger partial charge >= 0.3 is 35.6 Å². The second-order valence-corrected chi connectivity index (χ2v) is 8.90. The molecule has 0 saturated heterocycles. The van der Waals surface area contributed by atoms with Crippen LogP contribution in [0.15, 0.2) is 0 Å². The molecule has 23 heavy (non-hydrogen) atoms. The third-order valence-corrected chi connectivity index (χ3v) is 5.62. The van der Waals surface area contributed by atoms with E-state index in [1.54, 1.807) is 0 Å². The molecule has 0 aliphatic rings. The summed E-state index contributed by atoms with van der Waals surface area (Å²) in [5.74, 6) is 0. The van der Waals surface area contributed by atoms with Gasteiger partial charge in [-0.15, -0.1) is 0 Å². The molecule has 0 unspecified atom stereocenters. The van der Waals surface area contributed by atoms with Crippen molar-refractivity contribution in [3.8, 4) is 0 Å². The van der Waals surface area contributed by atoms with Crippen molar-refractivity contribution in [2.45, 2.75) is 69.2 Å². The van der Waals surface area contributed by atoms with Gasteiger partial charge in [-0.05, 0) is 0 Å². The monoisotopic (exact) mass is 388 g/mol. The van der Waals surface area contributed by atoms with Gasteiger partial charge in [-0.25, -0.2) is 0 Å². The molecular weight excluding hydrogens is 359 g/mol. The summed E-state index contributed by atoms with van der Waals surface area (Å²) >= 11 is -0.556. The summed E-state index contributed by atoms with van der Waals surface area (Å²) in [6, 6.07) is 0. The van der Waals surface area contributed by atoms with E-state index < -0.39 is 17.0 Å². The van der Waals surface area contributed by atoms with Crippen molar-refractivity contribution in [2.24, 2.45) is 0 Å². The number of halogens is 2. The second-order valence-electron chi connectivity index (χ2n) is 6.32. The number of hydrogen-bond acceptors (Lipinski definition) is 0. The van der Waals surface area contributed by atoms with Crippen LogP contribution in [-0.2, 0) is 17.0 Å². The van der Waals surface area contributed by atoms with Crippen molar-refractivity contribution in [3.05, 3.63) is 55.6 Å². The summed E-state index contributed by atoms with van der Waals surface area (Å²) in [5.41, 5.74) is 14.7. The van der Waals surface area contributed by atoms with Crippen LogP contribution in [0.1, 0.15) is 55.6 Å². The van der Waals surface area contributed by atoms with Crippen LogP contribution in [0.5, 0.6) is 0 Å². The molecule has 0 saturated carbocycles. The second kappa shape index (κ2) is 10.1. The van der Waals surface area contributed by atoms with Crippen molar-refractivity contribution >= 4 is 18.6 Å². The zero-order valence-electron chi connectivity index (χ0n) is 16.3. The number of rotatable bonds is 0. The number of hydrogen-bond donors (Lipinski definition) is 0. The normalized spacial score (nSPS) is 9.74. The van der Waals surface area contributed by atoms with E-state index >= 15 is 0 Å². The van der Waals surface area contributed by atoms with Crippen molar-refractivity contribution in [3.63, 3.8) is 0 Å². The van der Waals surface area contributed by atoms with Crippen LogP contribution in [0.2, 0.25) is 0 Å². The Hall–Kier alpha value is -0.00571. The van der Waals surface area contributed by atoms with Crippen LogP contribution in [0, 0.1) is 69.2 Å². The molecule has 0 radical (unpaired) electrons. The summed E-state index contributed by atoms with van der Waals surface area (Å²) in [6.07, 6.45) is 0. The predicted octanol–water partition coefficient (Wildman–Crippen LogP) is 7.27. The molecule has 130 valence electrons. The first kappa shape index (κ1) is 23.0. The molecule has 0 heterocycles. The zero-order valence-corrected chi connectivity index (χ0v) is 19.3. The molecule has 2 aromatic carbocycles. The molecule has 2 aromatic rings. The van der Waals surface area contributed by atoms with Gasteiger partial charge in [0.1, 0.15) is 0 Å². The molecule has 0 aliphatic carbocycles. The van der Waals surface area contributed by atoms with Crippen molar-refractivity contribution in [2.75, 3.05) is 0 Å². The fraction of sp³-hybridized carbons (Fsp3) is 0.500. The Morgan fingerprint density at radius 2 is 0.652 bits per heavy atom. The molecule has 0 nitrogen and oxygen atoms in total. The SMILES string of the molecule is Cc1c(C)c(C)[c-](C)c1C.Cc1c(C)c(C)[c-](C)c1C.[Cl][Ti][Cl]. The van der Waals surface area contributed by atoms with Crippen LogP contribution < -0.4 is 0 Å². The summed E-state index contributed by atoms with van der Waals surface area (Å²) in [7, 11) is 9.78. The third-order valence-electron chi connectivity index (χ3n) is 5.62. The molecule has 0 aliphatic heterocycles. The van der Waals surface area contributed by atoms with Gasteiger partial charge in [0.2, 0.25) is 0 Å². The van der Waals surface area contributed by atoms with Crippen molar-refractivity contribution in [1.82, 2.24) is 0 Å². The van der Waals surface area contributed by atoms with Gasteiger partial charge in [0.15, 0.2) is 0 Å². The fourth-order valence-corrected chi connectivity index (χ4v) is 2.81. The molecule has 3 heteroatoms. The standard InChI is InChI=1S/2C10H15.2ClH.Ti/c2*1-6-7(2)9(4)10(5)8(6)3;;;/h2*1-5H3;2*1H;/q2*-1;;;+2/p-2. The Balaban J connectivity index is 0.000000360. The van der Waals surface area contributed by atoms with E-state index in [1.165, 1.54) is 55.6 Å². The van der Waals surface area contributed by atoms with E-state index in [9.17, 15) is 0 Å². The topological polar surface area (TPSA) is 0 Å². The zero-order chi connectivity index (χ0) is 18.5. The van der Waals surface area contributed by atoms with Crippen LogP contribution in [0.3, 0.4) is 0 Å². The quantitative estimate of drug-likeness (QED) is 0.328. The Kier molecular flexibility index (Phi) is 10.1. The molecule has 0 amide bonds. The molecule has 0 spiro atoms. The molecule has 0 aromatic heterocycles. The van der Waals surface area contributed by atoms with E-state index in [0.29, 0.717) is 0 Å². The first-order valence-corrected chi connectivity index (χ1v) is 12.2. The maximum absolute atomic E-state index is 4.89. The summed E-state index contributed by atoms with van der Waals surface area (Å²) < 4.78 is 0. The summed E-state index contributed by atoms with van der Waals surface area (Å²) in [5, 5.41) is 0. The summed E-state index contributed by atoms with van der Waals surface area (Å²) in [4.78, 5) is 0. The Morgan fingerprint density at radius 3 is 0.696 bits per heavy atom. The van der Waals surface area contributed by atoms with E-state index in [-0.39, 0.29) is 0 Å². The van der Waals surface area contributed by atoms with Crippen molar-refractivity contribution < 1.29 is 17.0 Å². The third kappa shape index (κ3) is 5.50. The Bertz CT molecular complexity index is 429. The predicted molar refractivity (Wildman–Crippen MR) is 103 cm³/mol. The molecular formula is C20H30Cl2Ti-2. The molecule has 2 rings (SSSR count). The van der Waals surface area contributed by atoms with E-state index in [2.05, 4.69) is 69.2 Å². The van der Waals surface area contributed by atoms with Crippen LogP contribution in [-0.4, -0.2) is 0 Å². The minimum atomic E-state index is -0.556. The van der Waals surface area contributed by atoms with Gasteiger partial charge in [0.25, 0.3) is 0 Å². The van der Waals surface area contributed by atoms with Gasteiger partial charge < -0.3 is 0 Å². The van der Waals surface area contributed by atoms with Gasteiger partial charge in [-0.3, -0.25) is 0 Å². The molecule has 0 bridgehead atoms. The summed E-state index contributed by atoms with van der Waals surface area (Å²) in [6.45, 7) is 22.0. The van der Waals surface area contributed by atoms with Crippen molar-refractivity contribution in [1.29, 1.82) is 0 Å². The van der Waals surface area contributed by atoms with E-state index in [1.807, 2.05) is 0 Å². The molecule has 0 atom stereocenters. The Morgan fingerprint density at radius 1 is 0.522 bits per heavy atom. The fourth-order valence-electron chi connectivity index (χ4n) is 2.81. The van der Waals surface area contributed by atoms with Crippen LogP contribution in [0.4, 0.5) is 0 Å². The molecule has 0 N–H and O–H groups in total. The van der Waals surface area contributed by atoms with E-state index in [4.69, 9.17) is 18.6 Å². The van der Waals surface area contributed by atoms with Gasteiger partial charge in [-0.1, -0.05) is 69.2 Å². The maximum atomic E-state index is 4.89. The van der Waals surface area contributed by atoms with Gasteiger partial charge in [-0.2, -0.15) is 55.6 Å². The average molecular weight is 389 g/mol.